The van der Waals surface area contributed by atoms with Crippen molar-refractivity contribution < 1.29 is 5.11 Å². The van der Waals surface area contributed by atoms with Crippen molar-refractivity contribution in [3.05, 3.63) is 33.0 Å². The Morgan fingerprint density at radius 1 is 1.45 bits per heavy atom. The van der Waals surface area contributed by atoms with Crippen molar-refractivity contribution >= 4 is 32.8 Å². The Bertz CT molecular complexity index is 689. The first-order chi connectivity index (χ1) is 9.28. The van der Waals surface area contributed by atoms with Crippen LogP contribution in [-0.2, 0) is 7.05 Å². The third-order valence-corrected chi connectivity index (χ3v) is 3.55. The van der Waals surface area contributed by atoms with Crippen LogP contribution >= 0.6 is 15.9 Å². The number of aromatic nitrogens is 2. The van der Waals surface area contributed by atoms with E-state index in [1.54, 1.807) is 27.0 Å². The molecular weight excluding hydrogens is 322 g/mol. The molecule has 0 aliphatic rings. The molecule has 0 fully saturated rings. The summed E-state index contributed by atoms with van der Waals surface area (Å²) in [5.74, 6) is 0.508. The number of nitrogens with zero attached hydrogens (tertiary/aromatic N) is 2. The molecular formula is C14H18BrN3O2. The van der Waals surface area contributed by atoms with Crippen molar-refractivity contribution in [1.82, 2.24) is 9.55 Å². The molecule has 2 rings (SSSR count). The van der Waals surface area contributed by atoms with Gasteiger partial charge in [-0.25, -0.2) is 4.98 Å². The summed E-state index contributed by atoms with van der Waals surface area (Å²) in [6, 6.07) is 5.43. The van der Waals surface area contributed by atoms with Gasteiger partial charge in [-0.2, -0.15) is 0 Å². The fraction of sp³-hybridized carbons (Fsp3) is 0.429. The maximum atomic E-state index is 12.3. The molecule has 0 spiro atoms. The van der Waals surface area contributed by atoms with Gasteiger partial charge in [0.15, 0.2) is 0 Å². The Morgan fingerprint density at radius 2 is 2.15 bits per heavy atom. The number of rotatable bonds is 4. The minimum absolute atomic E-state index is 0.0953. The van der Waals surface area contributed by atoms with E-state index in [0.29, 0.717) is 29.8 Å². The van der Waals surface area contributed by atoms with Crippen molar-refractivity contribution in [2.75, 3.05) is 11.9 Å². The Hall–Kier alpha value is -1.40. The van der Waals surface area contributed by atoms with E-state index in [2.05, 4.69) is 26.2 Å². The Kier molecular flexibility index (Phi) is 4.15. The second kappa shape index (κ2) is 5.54. The SMILES string of the molecule is Cn1c(NCCC(C)(C)O)nc2ccc(Br)cc2c1=O. The van der Waals surface area contributed by atoms with E-state index in [0.717, 1.165) is 4.47 Å². The lowest BCUT2D eigenvalue weighted by Gasteiger charge is -2.18. The monoisotopic (exact) mass is 339 g/mol. The van der Waals surface area contributed by atoms with Crippen LogP contribution in [0.25, 0.3) is 10.9 Å². The highest BCUT2D eigenvalue weighted by molar-refractivity contribution is 9.10. The highest BCUT2D eigenvalue weighted by Crippen LogP contribution is 2.17. The van der Waals surface area contributed by atoms with Crippen molar-refractivity contribution in [2.45, 2.75) is 25.9 Å². The average Bonchev–Trinajstić information content (AvgIpc) is 2.35. The lowest BCUT2D eigenvalue weighted by molar-refractivity contribution is 0.0748. The summed E-state index contributed by atoms with van der Waals surface area (Å²) >= 11 is 3.35. The standard InChI is InChI=1S/C14H18BrN3O2/c1-14(2,20)6-7-16-13-17-11-5-4-9(15)8-10(11)12(19)18(13)3/h4-5,8,20H,6-7H2,1-3H3,(H,16,17). The molecule has 1 aromatic heterocycles. The minimum atomic E-state index is -0.742. The Labute approximate surface area is 125 Å². The van der Waals surface area contributed by atoms with Gasteiger partial charge in [0.1, 0.15) is 0 Å². The van der Waals surface area contributed by atoms with Crippen molar-refractivity contribution in [3.8, 4) is 0 Å². The molecule has 0 radical (unpaired) electrons. The van der Waals surface area contributed by atoms with Crippen LogP contribution in [0.1, 0.15) is 20.3 Å². The summed E-state index contributed by atoms with van der Waals surface area (Å²) in [4.78, 5) is 16.7. The normalized spacial score (nSPS) is 11.8. The highest BCUT2D eigenvalue weighted by Gasteiger charge is 2.13. The summed E-state index contributed by atoms with van der Waals surface area (Å²) in [6.07, 6.45) is 0.571. The summed E-state index contributed by atoms with van der Waals surface area (Å²) in [5.41, 5.74) is -0.183. The van der Waals surface area contributed by atoms with E-state index in [4.69, 9.17) is 0 Å². The van der Waals surface area contributed by atoms with Crippen LogP contribution in [0.4, 0.5) is 5.95 Å². The van der Waals surface area contributed by atoms with Crippen LogP contribution in [0.5, 0.6) is 0 Å². The maximum Gasteiger partial charge on any atom is 0.262 e. The van der Waals surface area contributed by atoms with Crippen LogP contribution < -0.4 is 10.9 Å². The zero-order valence-corrected chi connectivity index (χ0v) is 13.4. The van der Waals surface area contributed by atoms with Crippen LogP contribution in [0.15, 0.2) is 27.5 Å². The molecule has 0 unspecified atom stereocenters. The number of hydrogen-bond donors (Lipinski definition) is 2. The van der Waals surface area contributed by atoms with E-state index in [9.17, 15) is 9.90 Å². The van der Waals surface area contributed by atoms with Gasteiger partial charge in [0.2, 0.25) is 5.95 Å². The molecule has 108 valence electrons. The summed E-state index contributed by atoms with van der Waals surface area (Å²) in [5, 5.41) is 13.4. The van der Waals surface area contributed by atoms with E-state index in [1.807, 2.05) is 12.1 Å². The number of nitrogens with one attached hydrogen (secondary N) is 1. The number of halogens is 1. The minimum Gasteiger partial charge on any atom is -0.390 e. The van der Waals surface area contributed by atoms with Gasteiger partial charge in [0.25, 0.3) is 5.56 Å². The van der Waals surface area contributed by atoms with Gasteiger partial charge >= 0.3 is 0 Å². The predicted molar refractivity (Wildman–Crippen MR) is 84.1 cm³/mol. The first kappa shape index (κ1) is 15.0. The molecule has 0 bridgehead atoms. The lowest BCUT2D eigenvalue weighted by atomic mass is 10.1. The summed E-state index contributed by atoms with van der Waals surface area (Å²) < 4.78 is 2.34. The molecule has 2 N–H and O–H groups in total. The third-order valence-electron chi connectivity index (χ3n) is 3.06. The fourth-order valence-corrected chi connectivity index (χ4v) is 2.24. The highest BCUT2D eigenvalue weighted by atomic mass is 79.9. The number of hydrogen-bond acceptors (Lipinski definition) is 4. The van der Waals surface area contributed by atoms with Gasteiger partial charge in [0.05, 0.1) is 16.5 Å². The molecule has 0 saturated heterocycles. The molecule has 5 nitrogen and oxygen atoms in total. The molecule has 1 heterocycles. The zero-order chi connectivity index (χ0) is 14.9. The van der Waals surface area contributed by atoms with Gasteiger partial charge in [-0.05, 0) is 38.5 Å². The van der Waals surface area contributed by atoms with E-state index in [-0.39, 0.29) is 5.56 Å². The molecule has 2 aromatic rings. The van der Waals surface area contributed by atoms with Gasteiger partial charge in [0, 0.05) is 18.1 Å². The fourth-order valence-electron chi connectivity index (χ4n) is 1.88. The van der Waals surface area contributed by atoms with Crippen LogP contribution in [0.2, 0.25) is 0 Å². The maximum absolute atomic E-state index is 12.3. The van der Waals surface area contributed by atoms with Crippen molar-refractivity contribution in [2.24, 2.45) is 7.05 Å². The van der Waals surface area contributed by atoms with Gasteiger partial charge in [-0.15, -0.1) is 0 Å². The second-order valence-electron chi connectivity index (χ2n) is 5.45. The predicted octanol–water partition coefficient (Wildman–Crippen LogP) is 2.27. The number of aliphatic hydroxyl groups is 1. The van der Waals surface area contributed by atoms with Crippen LogP contribution in [-0.4, -0.2) is 26.8 Å². The second-order valence-corrected chi connectivity index (χ2v) is 6.37. The molecule has 0 amide bonds. The van der Waals surface area contributed by atoms with E-state index < -0.39 is 5.60 Å². The van der Waals surface area contributed by atoms with Gasteiger partial charge in [-0.3, -0.25) is 9.36 Å². The number of anilines is 1. The smallest absolute Gasteiger partial charge is 0.262 e. The van der Waals surface area contributed by atoms with Gasteiger partial charge in [-0.1, -0.05) is 15.9 Å². The molecule has 0 saturated carbocycles. The summed E-state index contributed by atoms with van der Waals surface area (Å²) in [6.45, 7) is 4.05. The average molecular weight is 340 g/mol. The Morgan fingerprint density at radius 3 is 2.80 bits per heavy atom. The van der Waals surface area contributed by atoms with Crippen molar-refractivity contribution in [3.63, 3.8) is 0 Å². The molecule has 0 aliphatic carbocycles. The van der Waals surface area contributed by atoms with Crippen LogP contribution in [0.3, 0.4) is 0 Å². The zero-order valence-electron chi connectivity index (χ0n) is 11.8. The third kappa shape index (κ3) is 3.37. The van der Waals surface area contributed by atoms with Crippen LogP contribution in [0, 0.1) is 0 Å². The van der Waals surface area contributed by atoms with E-state index in [1.165, 1.54) is 4.57 Å². The first-order valence-electron chi connectivity index (χ1n) is 6.40. The molecule has 20 heavy (non-hydrogen) atoms. The van der Waals surface area contributed by atoms with E-state index >= 15 is 0 Å². The summed E-state index contributed by atoms with van der Waals surface area (Å²) in [7, 11) is 1.68. The Balaban J connectivity index is 2.33. The number of fused-ring (bicyclic) bond motifs is 1. The van der Waals surface area contributed by atoms with Crippen molar-refractivity contribution in [1.29, 1.82) is 0 Å². The molecule has 1 aromatic carbocycles. The molecule has 6 heteroatoms. The molecule has 0 aliphatic heterocycles. The topological polar surface area (TPSA) is 67.2 Å². The lowest BCUT2D eigenvalue weighted by Crippen LogP contribution is -2.26. The largest absolute Gasteiger partial charge is 0.390 e. The van der Waals surface area contributed by atoms with Gasteiger partial charge < -0.3 is 10.4 Å². The molecule has 0 atom stereocenters. The number of benzene rings is 1. The quantitative estimate of drug-likeness (QED) is 0.896. The first-order valence-corrected chi connectivity index (χ1v) is 7.20.